The third kappa shape index (κ3) is 5.28. The summed E-state index contributed by atoms with van der Waals surface area (Å²) in [5.74, 6) is -0.695. The lowest BCUT2D eigenvalue weighted by molar-refractivity contribution is -0.137. The molecule has 2 aromatic carbocycles. The van der Waals surface area contributed by atoms with Crippen molar-refractivity contribution in [2.75, 3.05) is 5.32 Å². The van der Waals surface area contributed by atoms with Crippen molar-refractivity contribution in [3.63, 3.8) is 0 Å². The van der Waals surface area contributed by atoms with Crippen LogP contribution in [0.4, 0.5) is 5.69 Å². The second-order valence-corrected chi connectivity index (χ2v) is 9.00. The molecule has 1 saturated carbocycles. The van der Waals surface area contributed by atoms with Gasteiger partial charge in [0, 0.05) is 34.6 Å². The molecule has 1 heterocycles. The lowest BCUT2D eigenvalue weighted by atomic mass is 9.72. The number of aromatic nitrogens is 1. The van der Waals surface area contributed by atoms with E-state index in [0.717, 1.165) is 31.2 Å². The fourth-order valence-corrected chi connectivity index (χ4v) is 5.06. The summed E-state index contributed by atoms with van der Waals surface area (Å²) < 4.78 is 0. The van der Waals surface area contributed by atoms with Crippen molar-refractivity contribution in [3.8, 4) is 0 Å². The molecule has 1 aliphatic rings. The smallest absolute Gasteiger partial charge is 0.303 e. The number of aliphatic carboxylic acids is 1. The van der Waals surface area contributed by atoms with Crippen molar-refractivity contribution in [1.29, 1.82) is 0 Å². The van der Waals surface area contributed by atoms with Gasteiger partial charge in [-0.3, -0.25) is 14.6 Å². The van der Waals surface area contributed by atoms with E-state index in [-0.39, 0.29) is 24.2 Å². The van der Waals surface area contributed by atoms with Crippen LogP contribution in [0.25, 0.3) is 10.9 Å². The van der Waals surface area contributed by atoms with Crippen LogP contribution < -0.4 is 5.32 Å². The van der Waals surface area contributed by atoms with E-state index in [1.54, 1.807) is 24.3 Å². The molecule has 2 N–H and O–H groups in total. The number of nitrogens with zero attached hydrogens (tertiary/aromatic N) is 1. The molecule has 0 saturated heterocycles. The predicted molar refractivity (Wildman–Crippen MR) is 127 cm³/mol. The number of carbonyl (C=O) groups is 2. The number of halogens is 1. The standard InChI is InChI=1S/C26H27ClN2O3/c27-19-9-11-20(12-10-19)29-26(32)22(13-14-25(30)31)18-7-5-17(6-8-18)21-15-16-28-24-4-2-1-3-23(21)24/h1-4,9-12,15-18,22H,5-8,13-14H2,(H,29,32)(H,30,31). The van der Waals surface area contributed by atoms with E-state index in [9.17, 15) is 14.7 Å². The first-order chi connectivity index (χ1) is 15.5. The average molecular weight is 451 g/mol. The molecule has 1 aliphatic carbocycles. The van der Waals surface area contributed by atoms with Gasteiger partial charge >= 0.3 is 5.97 Å². The second-order valence-electron chi connectivity index (χ2n) is 8.56. The van der Waals surface area contributed by atoms with Crippen LogP contribution in [-0.2, 0) is 9.59 Å². The Morgan fingerprint density at radius 3 is 2.47 bits per heavy atom. The Kier molecular flexibility index (Phi) is 7.05. The Morgan fingerprint density at radius 1 is 1.03 bits per heavy atom. The number of nitrogens with one attached hydrogen (secondary N) is 1. The number of carbonyl (C=O) groups excluding carboxylic acids is 1. The maximum Gasteiger partial charge on any atom is 0.303 e. The molecule has 0 radical (unpaired) electrons. The fourth-order valence-electron chi connectivity index (χ4n) is 4.93. The summed E-state index contributed by atoms with van der Waals surface area (Å²) in [6, 6.07) is 17.3. The molecule has 1 amide bonds. The first-order valence-corrected chi connectivity index (χ1v) is 11.5. The molecule has 166 valence electrons. The minimum absolute atomic E-state index is 0.00632. The molecule has 0 bridgehead atoms. The molecule has 1 unspecified atom stereocenters. The highest BCUT2D eigenvalue weighted by molar-refractivity contribution is 6.30. The zero-order chi connectivity index (χ0) is 22.5. The van der Waals surface area contributed by atoms with Gasteiger partial charge in [0.25, 0.3) is 0 Å². The Balaban J connectivity index is 1.46. The number of hydrogen-bond acceptors (Lipinski definition) is 3. The molecule has 0 spiro atoms. The summed E-state index contributed by atoms with van der Waals surface area (Å²) in [5, 5.41) is 14.0. The van der Waals surface area contributed by atoms with Crippen molar-refractivity contribution in [2.45, 2.75) is 44.4 Å². The maximum atomic E-state index is 13.1. The number of fused-ring (bicyclic) bond motifs is 1. The molecule has 5 nitrogen and oxygen atoms in total. The minimum atomic E-state index is -0.869. The zero-order valence-electron chi connectivity index (χ0n) is 17.8. The summed E-state index contributed by atoms with van der Waals surface area (Å²) in [6.07, 6.45) is 5.99. The minimum Gasteiger partial charge on any atom is -0.481 e. The quantitative estimate of drug-likeness (QED) is 0.443. The number of amides is 1. The number of benzene rings is 2. The van der Waals surface area contributed by atoms with Crippen LogP contribution in [0.15, 0.2) is 60.8 Å². The summed E-state index contributed by atoms with van der Waals surface area (Å²) >= 11 is 5.94. The van der Waals surface area contributed by atoms with Gasteiger partial charge < -0.3 is 10.4 Å². The van der Waals surface area contributed by atoms with E-state index in [0.29, 0.717) is 23.0 Å². The summed E-state index contributed by atoms with van der Waals surface area (Å²) in [7, 11) is 0. The monoisotopic (exact) mass is 450 g/mol. The number of carboxylic acids is 1. The number of pyridine rings is 1. The molecule has 4 rings (SSSR count). The van der Waals surface area contributed by atoms with E-state index >= 15 is 0 Å². The van der Waals surface area contributed by atoms with Gasteiger partial charge in [-0.1, -0.05) is 29.8 Å². The van der Waals surface area contributed by atoms with E-state index in [4.69, 9.17) is 11.6 Å². The summed E-state index contributed by atoms with van der Waals surface area (Å²) in [4.78, 5) is 28.8. The SMILES string of the molecule is O=C(O)CCC(C(=O)Nc1ccc(Cl)cc1)C1CCC(c2ccnc3ccccc23)CC1. The van der Waals surface area contributed by atoms with Gasteiger partial charge in [0.05, 0.1) is 5.52 Å². The Bertz CT molecular complexity index is 1090. The third-order valence-corrected chi connectivity index (χ3v) is 6.83. The van der Waals surface area contributed by atoms with Crippen molar-refractivity contribution in [2.24, 2.45) is 11.8 Å². The number of hydrogen-bond donors (Lipinski definition) is 2. The second kappa shape index (κ2) is 10.1. The number of para-hydroxylation sites is 1. The van der Waals surface area contributed by atoms with Gasteiger partial charge in [0.15, 0.2) is 0 Å². The van der Waals surface area contributed by atoms with Crippen LogP contribution >= 0.6 is 11.6 Å². The topological polar surface area (TPSA) is 79.3 Å². The lowest BCUT2D eigenvalue weighted by Gasteiger charge is -2.33. The van der Waals surface area contributed by atoms with Crippen molar-refractivity contribution < 1.29 is 14.7 Å². The van der Waals surface area contributed by atoms with Crippen molar-refractivity contribution in [1.82, 2.24) is 4.98 Å². The maximum absolute atomic E-state index is 13.1. The Morgan fingerprint density at radius 2 is 1.75 bits per heavy atom. The fraction of sp³-hybridized carbons (Fsp3) is 0.346. The molecule has 0 aliphatic heterocycles. The molecule has 1 fully saturated rings. The highest BCUT2D eigenvalue weighted by Gasteiger charge is 2.33. The molecule has 1 aromatic heterocycles. The van der Waals surface area contributed by atoms with Crippen LogP contribution in [0, 0.1) is 11.8 Å². The van der Waals surface area contributed by atoms with Crippen molar-refractivity contribution >= 4 is 40.1 Å². The molecule has 32 heavy (non-hydrogen) atoms. The lowest BCUT2D eigenvalue weighted by Crippen LogP contribution is -2.32. The molecule has 6 heteroatoms. The van der Waals surface area contributed by atoms with E-state index < -0.39 is 5.97 Å². The van der Waals surface area contributed by atoms with Crippen LogP contribution in [-0.4, -0.2) is 22.0 Å². The molecule has 3 aromatic rings. The normalized spacial score (nSPS) is 19.4. The average Bonchev–Trinajstić information content (AvgIpc) is 2.80. The van der Waals surface area contributed by atoms with Crippen LogP contribution in [0.1, 0.15) is 50.0 Å². The number of carboxylic acid groups (broad SMARTS) is 1. The van der Waals surface area contributed by atoms with Gasteiger partial charge in [-0.15, -0.1) is 0 Å². The van der Waals surface area contributed by atoms with Crippen LogP contribution in [0.3, 0.4) is 0 Å². The van der Waals surface area contributed by atoms with Gasteiger partial charge in [-0.25, -0.2) is 0 Å². The highest BCUT2D eigenvalue weighted by Crippen LogP contribution is 2.42. The van der Waals surface area contributed by atoms with E-state index in [2.05, 4.69) is 22.4 Å². The van der Waals surface area contributed by atoms with Gasteiger partial charge in [-0.05, 0) is 85.9 Å². The molecular formula is C26H27ClN2O3. The Hall–Kier alpha value is -2.92. The first kappa shape index (κ1) is 22.3. The summed E-state index contributed by atoms with van der Waals surface area (Å²) in [6.45, 7) is 0. The highest BCUT2D eigenvalue weighted by atomic mass is 35.5. The number of rotatable bonds is 7. The largest absolute Gasteiger partial charge is 0.481 e. The van der Waals surface area contributed by atoms with Crippen molar-refractivity contribution in [3.05, 3.63) is 71.4 Å². The van der Waals surface area contributed by atoms with E-state index in [1.165, 1.54) is 10.9 Å². The van der Waals surface area contributed by atoms with Crippen LogP contribution in [0.5, 0.6) is 0 Å². The Labute approximate surface area is 192 Å². The van der Waals surface area contributed by atoms with Crippen LogP contribution in [0.2, 0.25) is 5.02 Å². The summed E-state index contributed by atoms with van der Waals surface area (Å²) in [5.41, 5.74) is 3.01. The van der Waals surface area contributed by atoms with Gasteiger partial charge in [0.1, 0.15) is 0 Å². The van der Waals surface area contributed by atoms with Gasteiger partial charge in [0.2, 0.25) is 5.91 Å². The molecular weight excluding hydrogens is 424 g/mol. The number of anilines is 1. The van der Waals surface area contributed by atoms with Gasteiger partial charge in [-0.2, -0.15) is 0 Å². The first-order valence-electron chi connectivity index (χ1n) is 11.1. The van der Waals surface area contributed by atoms with E-state index in [1.807, 2.05) is 24.4 Å². The molecule has 1 atom stereocenters. The third-order valence-electron chi connectivity index (χ3n) is 6.58. The zero-order valence-corrected chi connectivity index (χ0v) is 18.6. The predicted octanol–water partition coefficient (Wildman–Crippen LogP) is 6.28.